The minimum absolute atomic E-state index is 0.901. The van der Waals surface area contributed by atoms with Gasteiger partial charge in [0.2, 0.25) is 0 Å². The maximum absolute atomic E-state index is 4.42. The molecular formula is C14H10N4. The maximum Gasteiger partial charge on any atom is 0.137 e. The number of H-pyrrole nitrogens is 2. The summed E-state index contributed by atoms with van der Waals surface area (Å²) in [5, 5.41) is 1.11. The summed E-state index contributed by atoms with van der Waals surface area (Å²) in [6.07, 6.45) is 5.57. The van der Waals surface area contributed by atoms with Crippen LogP contribution in [-0.4, -0.2) is 19.9 Å². The largest absolute Gasteiger partial charge is 0.359 e. The van der Waals surface area contributed by atoms with Gasteiger partial charge in [-0.05, 0) is 30.3 Å². The lowest BCUT2D eigenvalue weighted by Crippen LogP contribution is -1.78. The molecular weight excluding hydrogens is 224 g/mol. The molecule has 0 fully saturated rings. The van der Waals surface area contributed by atoms with Crippen LogP contribution in [0.3, 0.4) is 0 Å². The van der Waals surface area contributed by atoms with Crippen molar-refractivity contribution in [3.8, 4) is 11.3 Å². The number of nitrogens with zero attached hydrogens (tertiary/aromatic N) is 2. The predicted molar refractivity (Wildman–Crippen MR) is 71.2 cm³/mol. The molecule has 2 N–H and O–H groups in total. The van der Waals surface area contributed by atoms with E-state index in [0.717, 1.165) is 33.3 Å². The molecule has 4 rings (SSSR count). The molecule has 0 amide bonds. The Morgan fingerprint density at radius 2 is 1.89 bits per heavy atom. The van der Waals surface area contributed by atoms with Gasteiger partial charge in [0.25, 0.3) is 0 Å². The lowest BCUT2D eigenvalue weighted by Gasteiger charge is -1.93. The number of hydrogen-bond acceptors (Lipinski definition) is 2. The highest BCUT2D eigenvalue weighted by atomic mass is 14.9. The van der Waals surface area contributed by atoms with Crippen LogP contribution in [0.1, 0.15) is 0 Å². The Morgan fingerprint density at radius 1 is 1.00 bits per heavy atom. The SMILES string of the molecule is c1cnc2[nH]c(-c3c[nH]c4cccnc34)cc2c1. The average Bonchev–Trinajstić information content (AvgIpc) is 3.02. The van der Waals surface area contributed by atoms with Gasteiger partial charge in [-0.25, -0.2) is 4.98 Å². The van der Waals surface area contributed by atoms with E-state index in [4.69, 9.17) is 0 Å². The van der Waals surface area contributed by atoms with Crippen LogP contribution in [-0.2, 0) is 0 Å². The third-order valence-electron chi connectivity index (χ3n) is 3.12. The Morgan fingerprint density at radius 3 is 2.83 bits per heavy atom. The van der Waals surface area contributed by atoms with Crippen molar-refractivity contribution < 1.29 is 0 Å². The fourth-order valence-corrected chi connectivity index (χ4v) is 2.26. The summed E-state index contributed by atoms with van der Waals surface area (Å²) in [4.78, 5) is 15.3. The van der Waals surface area contributed by atoms with Gasteiger partial charge in [0.1, 0.15) is 5.65 Å². The fourth-order valence-electron chi connectivity index (χ4n) is 2.26. The van der Waals surface area contributed by atoms with E-state index in [1.165, 1.54) is 0 Å². The van der Waals surface area contributed by atoms with E-state index in [2.05, 4.69) is 26.0 Å². The normalized spacial score (nSPS) is 11.3. The highest BCUT2D eigenvalue weighted by Crippen LogP contribution is 2.28. The number of fused-ring (bicyclic) bond motifs is 2. The minimum atomic E-state index is 0.901. The second kappa shape index (κ2) is 3.43. The van der Waals surface area contributed by atoms with Crippen LogP contribution < -0.4 is 0 Å². The van der Waals surface area contributed by atoms with Gasteiger partial charge >= 0.3 is 0 Å². The van der Waals surface area contributed by atoms with Crippen LogP contribution >= 0.6 is 0 Å². The minimum Gasteiger partial charge on any atom is -0.359 e. The third kappa shape index (κ3) is 1.26. The Bertz CT molecular complexity index is 808. The van der Waals surface area contributed by atoms with Crippen LogP contribution in [0.15, 0.2) is 48.9 Å². The van der Waals surface area contributed by atoms with Gasteiger partial charge in [-0.15, -0.1) is 0 Å². The quantitative estimate of drug-likeness (QED) is 0.531. The molecule has 4 aromatic heterocycles. The van der Waals surface area contributed by atoms with Gasteiger partial charge < -0.3 is 9.97 Å². The predicted octanol–water partition coefficient (Wildman–Crippen LogP) is 3.11. The summed E-state index contributed by atoms with van der Waals surface area (Å²) in [5.41, 5.74) is 5.03. The number of pyridine rings is 2. The molecule has 0 bridgehead atoms. The van der Waals surface area contributed by atoms with Gasteiger partial charge in [-0.2, -0.15) is 0 Å². The summed E-state index contributed by atoms with van der Waals surface area (Å²) < 4.78 is 0. The second-order valence-electron chi connectivity index (χ2n) is 4.23. The van der Waals surface area contributed by atoms with Crippen molar-refractivity contribution in [1.29, 1.82) is 0 Å². The molecule has 86 valence electrons. The van der Waals surface area contributed by atoms with Gasteiger partial charge in [0.15, 0.2) is 0 Å². The molecule has 18 heavy (non-hydrogen) atoms. The third-order valence-corrected chi connectivity index (χ3v) is 3.12. The molecule has 4 nitrogen and oxygen atoms in total. The molecule has 0 aromatic carbocycles. The monoisotopic (exact) mass is 234 g/mol. The molecule has 0 saturated heterocycles. The Labute approximate surface area is 103 Å². The molecule has 4 aromatic rings. The van der Waals surface area contributed by atoms with Crippen molar-refractivity contribution in [2.45, 2.75) is 0 Å². The van der Waals surface area contributed by atoms with Crippen molar-refractivity contribution >= 4 is 22.1 Å². The van der Waals surface area contributed by atoms with E-state index in [9.17, 15) is 0 Å². The van der Waals surface area contributed by atoms with Crippen LogP contribution in [0.25, 0.3) is 33.3 Å². The second-order valence-corrected chi connectivity index (χ2v) is 4.23. The standard InChI is InChI=1S/C14H10N4/c1-3-9-7-12(18-14(9)16-6-1)10-8-17-11-4-2-5-15-13(10)11/h1-8,17H,(H,16,18). The lowest BCUT2D eigenvalue weighted by atomic mass is 10.2. The number of aromatic nitrogens is 4. The first-order chi connectivity index (χ1) is 8.92. The topological polar surface area (TPSA) is 57.4 Å². The summed E-state index contributed by atoms with van der Waals surface area (Å²) in [7, 11) is 0. The molecule has 0 aliphatic carbocycles. The van der Waals surface area contributed by atoms with Gasteiger partial charge in [0.05, 0.1) is 16.7 Å². The Kier molecular flexibility index (Phi) is 1.80. The summed E-state index contributed by atoms with van der Waals surface area (Å²) in [6, 6.07) is 10.0. The first-order valence-corrected chi connectivity index (χ1v) is 5.78. The van der Waals surface area contributed by atoms with Gasteiger partial charge in [-0.3, -0.25) is 4.98 Å². The first-order valence-electron chi connectivity index (χ1n) is 5.78. The van der Waals surface area contributed by atoms with E-state index in [-0.39, 0.29) is 0 Å². The van der Waals surface area contributed by atoms with Crippen LogP contribution in [0.2, 0.25) is 0 Å². The van der Waals surface area contributed by atoms with E-state index in [0.29, 0.717) is 0 Å². The number of aromatic amines is 2. The molecule has 4 heteroatoms. The highest BCUT2D eigenvalue weighted by molar-refractivity contribution is 5.94. The highest BCUT2D eigenvalue weighted by Gasteiger charge is 2.09. The van der Waals surface area contributed by atoms with Crippen LogP contribution in [0.5, 0.6) is 0 Å². The average molecular weight is 234 g/mol. The van der Waals surface area contributed by atoms with Crippen LogP contribution in [0, 0.1) is 0 Å². The number of hydrogen-bond donors (Lipinski definition) is 2. The molecule has 0 unspecified atom stereocenters. The van der Waals surface area contributed by atoms with E-state index in [1.54, 1.807) is 12.4 Å². The molecule has 0 aliphatic rings. The van der Waals surface area contributed by atoms with E-state index in [1.807, 2.05) is 30.5 Å². The van der Waals surface area contributed by atoms with Gasteiger partial charge in [0, 0.05) is 29.5 Å². The maximum atomic E-state index is 4.42. The Hall–Kier alpha value is -2.62. The van der Waals surface area contributed by atoms with Crippen molar-refractivity contribution in [2.24, 2.45) is 0 Å². The summed E-state index contributed by atoms with van der Waals surface area (Å²) >= 11 is 0. The molecule has 0 atom stereocenters. The van der Waals surface area contributed by atoms with Crippen molar-refractivity contribution in [3.63, 3.8) is 0 Å². The zero-order valence-corrected chi connectivity index (χ0v) is 9.51. The molecule has 0 saturated carbocycles. The van der Waals surface area contributed by atoms with Crippen molar-refractivity contribution in [2.75, 3.05) is 0 Å². The molecule has 4 heterocycles. The van der Waals surface area contributed by atoms with Gasteiger partial charge in [-0.1, -0.05) is 0 Å². The zero-order valence-electron chi connectivity index (χ0n) is 9.51. The smallest absolute Gasteiger partial charge is 0.137 e. The summed E-state index contributed by atoms with van der Waals surface area (Å²) in [6.45, 7) is 0. The Balaban J connectivity index is 2.01. The van der Waals surface area contributed by atoms with E-state index < -0.39 is 0 Å². The van der Waals surface area contributed by atoms with E-state index >= 15 is 0 Å². The fraction of sp³-hybridized carbons (Fsp3) is 0. The molecule has 0 radical (unpaired) electrons. The lowest BCUT2D eigenvalue weighted by molar-refractivity contribution is 1.32. The number of nitrogens with one attached hydrogen (secondary N) is 2. The van der Waals surface area contributed by atoms with Crippen molar-refractivity contribution in [1.82, 2.24) is 19.9 Å². The summed E-state index contributed by atoms with van der Waals surface area (Å²) in [5.74, 6) is 0. The number of rotatable bonds is 1. The first kappa shape index (κ1) is 9.41. The van der Waals surface area contributed by atoms with Crippen LogP contribution in [0.4, 0.5) is 0 Å². The molecule has 0 aliphatic heterocycles. The zero-order chi connectivity index (χ0) is 11.9. The molecule has 0 spiro atoms. The van der Waals surface area contributed by atoms with Crippen molar-refractivity contribution in [3.05, 3.63) is 48.9 Å².